The highest BCUT2D eigenvalue weighted by atomic mass is 16.5. The molecule has 1 unspecified atom stereocenters. The fraction of sp³-hybridized carbons (Fsp3) is 0.240. The van der Waals surface area contributed by atoms with Gasteiger partial charge in [-0.05, 0) is 47.6 Å². The molecule has 3 aliphatic heterocycles. The summed E-state index contributed by atoms with van der Waals surface area (Å²) in [6.07, 6.45) is 8.61. The molecule has 0 radical (unpaired) electrons. The molecule has 6 heteroatoms. The second kappa shape index (κ2) is 8.32. The molecule has 158 valence electrons. The van der Waals surface area contributed by atoms with Gasteiger partial charge < -0.3 is 25.2 Å². The number of hydrogen-bond acceptors (Lipinski definition) is 5. The monoisotopic (exact) mass is 414 g/mol. The predicted molar refractivity (Wildman–Crippen MR) is 124 cm³/mol. The zero-order valence-electron chi connectivity index (χ0n) is 17.5. The molecule has 5 rings (SSSR count). The van der Waals surface area contributed by atoms with Crippen molar-refractivity contribution in [3.8, 4) is 0 Å². The Bertz CT molecular complexity index is 1070. The molecule has 0 saturated carbocycles. The first-order valence-corrected chi connectivity index (χ1v) is 10.6. The van der Waals surface area contributed by atoms with E-state index in [0.29, 0.717) is 0 Å². The van der Waals surface area contributed by atoms with Crippen LogP contribution < -0.4 is 15.5 Å². The van der Waals surface area contributed by atoms with Crippen LogP contribution in [0.25, 0.3) is 11.3 Å². The summed E-state index contributed by atoms with van der Waals surface area (Å²) in [6.45, 7) is 5.00. The summed E-state index contributed by atoms with van der Waals surface area (Å²) in [7, 11) is 0. The fourth-order valence-corrected chi connectivity index (χ4v) is 4.23. The van der Waals surface area contributed by atoms with Gasteiger partial charge in [-0.15, -0.1) is 0 Å². The maximum absolute atomic E-state index is 11.4. The van der Waals surface area contributed by atoms with E-state index in [-0.39, 0.29) is 12.1 Å². The highest BCUT2D eigenvalue weighted by Gasteiger charge is 2.26. The number of amides is 1. The largest absolute Gasteiger partial charge is 0.378 e. The Morgan fingerprint density at radius 3 is 2.68 bits per heavy atom. The van der Waals surface area contributed by atoms with Gasteiger partial charge in [-0.25, -0.2) is 0 Å². The first-order chi connectivity index (χ1) is 15.2. The van der Waals surface area contributed by atoms with E-state index >= 15 is 0 Å². The Balaban J connectivity index is 1.31. The number of carbonyl (C=O) groups is 1. The lowest BCUT2D eigenvalue weighted by atomic mass is 10.0. The minimum Gasteiger partial charge on any atom is -0.378 e. The van der Waals surface area contributed by atoms with Crippen LogP contribution in [-0.2, 0) is 9.53 Å². The smallest absolute Gasteiger partial charge is 0.221 e. The molecule has 0 aliphatic carbocycles. The van der Waals surface area contributed by atoms with Crippen LogP contribution in [0.4, 0.5) is 11.4 Å². The molecule has 6 nitrogen and oxygen atoms in total. The van der Waals surface area contributed by atoms with Crippen molar-refractivity contribution in [3.05, 3.63) is 84.2 Å². The second-order valence-corrected chi connectivity index (χ2v) is 7.89. The molecule has 1 fully saturated rings. The maximum atomic E-state index is 11.4. The third-order valence-corrected chi connectivity index (χ3v) is 5.78. The van der Waals surface area contributed by atoms with Gasteiger partial charge in [0.1, 0.15) is 6.17 Å². The van der Waals surface area contributed by atoms with Crippen LogP contribution in [-0.4, -0.2) is 43.3 Å². The Kier molecular flexibility index (Phi) is 5.22. The SMILES string of the molecule is CC(=O)Nc1cccc(C2=CNC3C=C(c4ccc(N5CCOCC5)cc4)C=CN23)c1. The van der Waals surface area contributed by atoms with Gasteiger partial charge in [-0.3, -0.25) is 4.79 Å². The summed E-state index contributed by atoms with van der Waals surface area (Å²) < 4.78 is 5.45. The number of fused-ring (bicyclic) bond motifs is 1. The molecule has 3 heterocycles. The Hall–Kier alpha value is -3.51. The number of allylic oxidation sites excluding steroid dienone is 2. The number of nitrogens with one attached hydrogen (secondary N) is 2. The number of morpholine rings is 1. The van der Waals surface area contributed by atoms with Gasteiger partial charge in [-0.2, -0.15) is 0 Å². The van der Waals surface area contributed by atoms with Gasteiger partial charge in [0.2, 0.25) is 5.91 Å². The predicted octanol–water partition coefficient (Wildman–Crippen LogP) is 3.62. The number of rotatable bonds is 4. The van der Waals surface area contributed by atoms with Gasteiger partial charge in [0.05, 0.1) is 18.9 Å². The van der Waals surface area contributed by atoms with Crippen molar-refractivity contribution in [3.63, 3.8) is 0 Å². The molecule has 2 aromatic carbocycles. The fourth-order valence-electron chi connectivity index (χ4n) is 4.23. The summed E-state index contributed by atoms with van der Waals surface area (Å²) in [5.74, 6) is -0.0707. The molecule has 2 aromatic rings. The van der Waals surface area contributed by atoms with Gasteiger partial charge in [-0.1, -0.05) is 24.3 Å². The highest BCUT2D eigenvalue weighted by molar-refractivity contribution is 5.89. The first-order valence-electron chi connectivity index (χ1n) is 10.6. The molecule has 1 saturated heterocycles. The number of hydrogen-bond donors (Lipinski definition) is 2. The van der Waals surface area contributed by atoms with Crippen molar-refractivity contribution in [2.45, 2.75) is 13.1 Å². The molecule has 31 heavy (non-hydrogen) atoms. The molecule has 0 spiro atoms. The summed E-state index contributed by atoms with van der Waals surface area (Å²) in [5.41, 5.74) is 6.58. The zero-order valence-corrected chi connectivity index (χ0v) is 17.5. The van der Waals surface area contributed by atoms with Crippen LogP contribution in [0.3, 0.4) is 0 Å². The van der Waals surface area contributed by atoms with E-state index < -0.39 is 0 Å². The summed E-state index contributed by atoms with van der Waals surface area (Å²) in [5, 5.41) is 6.31. The molecular weight excluding hydrogens is 388 g/mol. The molecule has 0 bridgehead atoms. The van der Waals surface area contributed by atoms with Gasteiger partial charge in [0.15, 0.2) is 0 Å². The van der Waals surface area contributed by atoms with Crippen LogP contribution >= 0.6 is 0 Å². The zero-order chi connectivity index (χ0) is 21.2. The van der Waals surface area contributed by atoms with Crippen molar-refractivity contribution in [2.24, 2.45) is 0 Å². The molecule has 1 atom stereocenters. The van der Waals surface area contributed by atoms with Crippen molar-refractivity contribution < 1.29 is 9.53 Å². The summed E-state index contributed by atoms with van der Waals surface area (Å²) in [6, 6.07) is 16.7. The number of ether oxygens (including phenoxy) is 1. The lowest BCUT2D eigenvalue weighted by Crippen LogP contribution is -2.36. The van der Waals surface area contributed by atoms with Gasteiger partial charge >= 0.3 is 0 Å². The number of carbonyl (C=O) groups excluding carboxylic acids is 1. The average Bonchev–Trinajstić information content (AvgIpc) is 3.23. The van der Waals surface area contributed by atoms with Crippen molar-refractivity contribution in [1.82, 2.24) is 10.2 Å². The van der Waals surface area contributed by atoms with Crippen molar-refractivity contribution in [1.29, 1.82) is 0 Å². The van der Waals surface area contributed by atoms with E-state index in [1.807, 2.05) is 24.4 Å². The summed E-state index contributed by atoms with van der Waals surface area (Å²) in [4.78, 5) is 16.0. The average molecular weight is 415 g/mol. The first kappa shape index (κ1) is 19.5. The number of nitrogens with zero attached hydrogens (tertiary/aromatic N) is 2. The van der Waals surface area contributed by atoms with E-state index in [4.69, 9.17) is 4.74 Å². The Morgan fingerprint density at radius 1 is 1.10 bits per heavy atom. The lowest BCUT2D eigenvalue weighted by molar-refractivity contribution is -0.114. The normalized spacial score (nSPS) is 20.0. The molecule has 1 amide bonds. The Morgan fingerprint density at radius 2 is 1.90 bits per heavy atom. The molecule has 2 N–H and O–H groups in total. The van der Waals surface area contributed by atoms with Crippen LogP contribution in [0.2, 0.25) is 0 Å². The van der Waals surface area contributed by atoms with Crippen LogP contribution in [0, 0.1) is 0 Å². The van der Waals surface area contributed by atoms with E-state index in [0.717, 1.165) is 43.3 Å². The minimum atomic E-state index is -0.0707. The van der Waals surface area contributed by atoms with Crippen LogP contribution in [0.5, 0.6) is 0 Å². The highest BCUT2D eigenvalue weighted by Crippen LogP contribution is 2.33. The number of anilines is 2. The van der Waals surface area contributed by atoms with Crippen LogP contribution in [0.15, 0.2) is 73.1 Å². The van der Waals surface area contributed by atoms with E-state index in [2.05, 4.69) is 69.1 Å². The van der Waals surface area contributed by atoms with E-state index in [1.165, 1.54) is 23.7 Å². The van der Waals surface area contributed by atoms with E-state index in [1.54, 1.807) is 0 Å². The maximum Gasteiger partial charge on any atom is 0.221 e. The standard InChI is InChI=1S/C25H26N4O2/c1-18(30)27-22-4-2-3-21(15-22)24-17-26-25-16-20(9-10-29(24)25)19-5-7-23(8-6-19)28-11-13-31-14-12-28/h2-10,15-17,25-26H,11-14H2,1H3,(H,27,30). The molecule has 3 aliphatic rings. The quantitative estimate of drug-likeness (QED) is 0.800. The molecule has 0 aromatic heterocycles. The van der Waals surface area contributed by atoms with Gasteiger partial charge in [0.25, 0.3) is 0 Å². The Labute approximate surface area is 182 Å². The number of benzene rings is 2. The minimum absolute atomic E-state index is 0.0679. The molecular formula is C25H26N4O2. The third-order valence-electron chi connectivity index (χ3n) is 5.78. The topological polar surface area (TPSA) is 56.8 Å². The second-order valence-electron chi connectivity index (χ2n) is 7.89. The third kappa shape index (κ3) is 4.07. The van der Waals surface area contributed by atoms with Gasteiger partial charge in [0, 0.05) is 49.4 Å². The van der Waals surface area contributed by atoms with Crippen LogP contribution in [0.1, 0.15) is 18.1 Å². The van der Waals surface area contributed by atoms with Crippen molar-refractivity contribution in [2.75, 3.05) is 36.5 Å². The lowest BCUT2D eigenvalue weighted by Gasteiger charge is -2.29. The van der Waals surface area contributed by atoms with E-state index in [9.17, 15) is 4.79 Å². The van der Waals surface area contributed by atoms with Crippen molar-refractivity contribution >= 4 is 28.6 Å². The summed E-state index contributed by atoms with van der Waals surface area (Å²) >= 11 is 0.